The van der Waals surface area contributed by atoms with E-state index in [9.17, 15) is 9.59 Å². The Morgan fingerprint density at radius 2 is 1.47 bits per heavy atom. The van der Waals surface area contributed by atoms with E-state index < -0.39 is 0 Å². The fourth-order valence-electron chi connectivity index (χ4n) is 5.16. The molecule has 5 rings (SSSR count). The Bertz CT molecular complexity index is 1230. The number of piperidine rings is 1. The average molecular weight is 445 g/mol. The fourth-order valence-corrected chi connectivity index (χ4v) is 5.28. The summed E-state index contributed by atoms with van der Waals surface area (Å²) in [4.78, 5) is 31.2. The lowest BCUT2D eigenvalue weighted by atomic mass is 9.91. The van der Waals surface area contributed by atoms with Crippen LogP contribution in [0.25, 0.3) is 16.3 Å². The largest absolute Gasteiger partial charge is 0.366 e. The summed E-state index contributed by atoms with van der Waals surface area (Å²) in [6.45, 7) is 5.93. The summed E-state index contributed by atoms with van der Waals surface area (Å²) < 4.78 is 0. The summed E-state index contributed by atoms with van der Waals surface area (Å²) in [6, 6.07) is 20.7. The van der Waals surface area contributed by atoms with Gasteiger partial charge in [-0.25, -0.2) is 4.90 Å². The molecule has 0 spiro atoms. The van der Waals surface area contributed by atoms with Gasteiger partial charge in [0.25, 0.3) is 11.8 Å². The van der Waals surface area contributed by atoms with E-state index in [0.29, 0.717) is 33.8 Å². The van der Waals surface area contributed by atoms with Crippen LogP contribution >= 0.6 is 11.6 Å². The first-order valence-corrected chi connectivity index (χ1v) is 11.4. The van der Waals surface area contributed by atoms with Gasteiger partial charge < -0.3 is 4.90 Å². The molecule has 2 aliphatic heterocycles. The highest BCUT2D eigenvalue weighted by molar-refractivity contribution is 6.46. The highest BCUT2D eigenvalue weighted by Crippen LogP contribution is 2.39. The first kappa shape index (κ1) is 20.8. The molecule has 0 saturated carbocycles. The maximum Gasteiger partial charge on any atom is 0.282 e. The number of nitrogens with zero attached hydrogens (tertiary/aromatic N) is 2. The first-order chi connectivity index (χ1) is 15.4. The Balaban J connectivity index is 1.67. The maximum absolute atomic E-state index is 13.9. The van der Waals surface area contributed by atoms with Crippen molar-refractivity contribution in [2.75, 3.05) is 18.0 Å². The highest BCUT2D eigenvalue weighted by Gasteiger charge is 2.44. The number of hydrogen-bond acceptors (Lipinski definition) is 3. The van der Waals surface area contributed by atoms with Gasteiger partial charge in [-0.2, -0.15) is 0 Å². The van der Waals surface area contributed by atoms with Crippen LogP contribution < -0.4 is 4.90 Å². The molecule has 32 heavy (non-hydrogen) atoms. The lowest BCUT2D eigenvalue weighted by molar-refractivity contribution is -0.120. The number of carbonyl (C=O) groups is 2. The minimum atomic E-state index is -0.283. The SMILES string of the molecule is CC1CC(C)CN(C2=C(c3ccc(Cl)cc3)C(=O)N(c3cccc4ccccc34)C2=O)C1. The number of likely N-dealkylation sites (tertiary alicyclic amines) is 1. The average Bonchev–Trinajstić information content (AvgIpc) is 3.03. The van der Waals surface area contributed by atoms with Crippen LogP contribution in [0.3, 0.4) is 0 Å². The van der Waals surface area contributed by atoms with Gasteiger partial charge in [0.1, 0.15) is 5.70 Å². The molecule has 5 heteroatoms. The van der Waals surface area contributed by atoms with Crippen molar-refractivity contribution in [3.63, 3.8) is 0 Å². The number of imide groups is 1. The van der Waals surface area contributed by atoms with E-state index in [0.717, 1.165) is 35.8 Å². The van der Waals surface area contributed by atoms with Crippen molar-refractivity contribution < 1.29 is 9.59 Å². The van der Waals surface area contributed by atoms with Crippen molar-refractivity contribution in [1.82, 2.24) is 4.90 Å². The molecule has 2 atom stereocenters. The zero-order valence-corrected chi connectivity index (χ0v) is 19.0. The van der Waals surface area contributed by atoms with Crippen molar-refractivity contribution in [2.45, 2.75) is 20.3 Å². The minimum absolute atomic E-state index is 0.252. The van der Waals surface area contributed by atoms with E-state index in [4.69, 9.17) is 11.6 Å². The summed E-state index contributed by atoms with van der Waals surface area (Å²) in [5.74, 6) is 0.367. The van der Waals surface area contributed by atoms with Gasteiger partial charge in [0.2, 0.25) is 0 Å². The van der Waals surface area contributed by atoms with Gasteiger partial charge in [0.05, 0.1) is 11.3 Å². The van der Waals surface area contributed by atoms with Crippen molar-refractivity contribution >= 4 is 45.4 Å². The normalized spacial score (nSPS) is 21.7. The third-order valence-corrected chi connectivity index (χ3v) is 6.64. The predicted octanol–water partition coefficient (Wildman–Crippen LogP) is 5.76. The van der Waals surface area contributed by atoms with Crippen molar-refractivity contribution in [3.8, 4) is 0 Å². The number of carbonyl (C=O) groups excluding carboxylic acids is 2. The van der Waals surface area contributed by atoms with Crippen LogP contribution in [0.4, 0.5) is 5.69 Å². The minimum Gasteiger partial charge on any atom is -0.366 e. The summed E-state index contributed by atoms with van der Waals surface area (Å²) >= 11 is 6.11. The quantitative estimate of drug-likeness (QED) is 0.482. The molecule has 2 aliphatic rings. The molecule has 2 unspecified atom stereocenters. The third kappa shape index (κ3) is 3.49. The maximum atomic E-state index is 13.9. The molecule has 0 aliphatic carbocycles. The topological polar surface area (TPSA) is 40.6 Å². The number of halogens is 1. The third-order valence-electron chi connectivity index (χ3n) is 6.38. The molecule has 3 aromatic rings. The second-order valence-corrected chi connectivity index (χ2v) is 9.46. The van der Waals surface area contributed by atoms with Crippen LogP contribution in [0, 0.1) is 11.8 Å². The van der Waals surface area contributed by atoms with Gasteiger partial charge in [-0.3, -0.25) is 9.59 Å². The van der Waals surface area contributed by atoms with Gasteiger partial charge in [-0.05, 0) is 47.4 Å². The van der Waals surface area contributed by atoms with E-state index in [1.54, 1.807) is 12.1 Å². The molecule has 1 fully saturated rings. The predicted molar refractivity (Wildman–Crippen MR) is 129 cm³/mol. The Hall–Kier alpha value is -3.11. The second-order valence-electron chi connectivity index (χ2n) is 9.03. The summed E-state index contributed by atoms with van der Waals surface area (Å²) in [7, 11) is 0. The van der Waals surface area contributed by atoms with Crippen LogP contribution in [-0.4, -0.2) is 29.8 Å². The zero-order chi connectivity index (χ0) is 22.4. The van der Waals surface area contributed by atoms with Gasteiger partial charge >= 0.3 is 0 Å². The van der Waals surface area contributed by atoms with Gasteiger partial charge in [0, 0.05) is 23.5 Å². The number of hydrogen-bond donors (Lipinski definition) is 0. The molecule has 162 valence electrons. The monoisotopic (exact) mass is 444 g/mol. The van der Waals surface area contributed by atoms with Gasteiger partial charge in [0.15, 0.2) is 0 Å². The van der Waals surface area contributed by atoms with E-state index in [-0.39, 0.29) is 11.8 Å². The van der Waals surface area contributed by atoms with Crippen molar-refractivity contribution in [2.24, 2.45) is 11.8 Å². The Labute approximate surface area is 193 Å². The summed E-state index contributed by atoms with van der Waals surface area (Å²) in [5.41, 5.74) is 2.30. The van der Waals surface area contributed by atoms with Gasteiger partial charge in [-0.15, -0.1) is 0 Å². The molecule has 1 saturated heterocycles. The fraction of sp³-hybridized carbons (Fsp3) is 0.259. The Kier molecular flexibility index (Phi) is 5.26. The molecule has 3 aromatic carbocycles. The van der Waals surface area contributed by atoms with Crippen LogP contribution in [0.5, 0.6) is 0 Å². The second kappa shape index (κ2) is 8.10. The van der Waals surface area contributed by atoms with Crippen LogP contribution in [0.2, 0.25) is 5.02 Å². The van der Waals surface area contributed by atoms with E-state index in [1.807, 2.05) is 54.6 Å². The molecule has 4 nitrogen and oxygen atoms in total. The summed E-state index contributed by atoms with van der Waals surface area (Å²) in [5, 5.41) is 2.47. The standard InChI is InChI=1S/C27H25ClN2O2/c1-17-14-18(2)16-29(15-17)25-24(20-10-12-21(28)13-11-20)26(31)30(27(25)32)23-9-5-7-19-6-3-4-8-22(19)23/h3-13,17-18H,14-16H2,1-2H3. The highest BCUT2D eigenvalue weighted by atomic mass is 35.5. The zero-order valence-electron chi connectivity index (χ0n) is 18.2. The molecule has 0 aromatic heterocycles. The molecular weight excluding hydrogens is 420 g/mol. The van der Waals surface area contributed by atoms with Crippen LogP contribution in [0.1, 0.15) is 25.8 Å². The first-order valence-electron chi connectivity index (χ1n) is 11.1. The van der Waals surface area contributed by atoms with E-state index >= 15 is 0 Å². The van der Waals surface area contributed by atoms with Crippen LogP contribution in [0.15, 0.2) is 72.4 Å². The van der Waals surface area contributed by atoms with Crippen molar-refractivity contribution in [3.05, 3.63) is 83.0 Å². The van der Waals surface area contributed by atoms with E-state index in [2.05, 4.69) is 18.7 Å². The number of amides is 2. The lowest BCUT2D eigenvalue weighted by Crippen LogP contribution is -2.42. The Morgan fingerprint density at radius 3 is 2.19 bits per heavy atom. The molecule has 0 N–H and O–H groups in total. The molecule has 2 heterocycles. The smallest absolute Gasteiger partial charge is 0.282 e. The molecule has 0 bridgehead atoms. The molecular formula is C27H25ClN2O2. The Morgan fingerprint density at radius 1 is 0.812 bits per heavy atom. The van der Waals surface area contributed by atoms with Crippen molar-refractivity contribution in [1.29, 1.82) is 0 Å². The summed E-state index contributed by atoms with van der Waals surface area (Å²) in [6.07, 6.45) is 1.12. The van der Waals surface area contributed by atoms with Gasteiger partial charge in [-0.1, -0.05) is 74.0 Å². The van der Waals surface area contributed by atoms with Crippen LogP contribution in [-0.2, 0) is 9.59 Å². The van der Waals surface area contributed by atoms with E-state index in [1.165, 1.54) is 4.90 Å². The molecule has 0 radical (unpaired) electrons. The lowest BCUT2D eigenvalue weighted by Gasteiger charge is -2.37. The number of benzene rings is 3. The number of rotatable bonds is 3. The number of fused-ring (bicyclic) bond motifs is 1. The number of anilines is 1. The molecule has 2 amide bonds.